The molecule has 1 aliphatic heterocycles. The van der Waals surface area contributed by atoms with E-state index < -0.39 is 0 Å². The van der Waals surface area contributed by atoms with Crippen LogP contribution in [0.25, 0.3) is 0 Å². The lowest BCUT2D eigenvalue weighted by molar-refractivity contribution is 0.0703. The van der Waals surface area contributed by atoms with Gasteiger partial charge in [-0.1, -0.05) is 13.8 Å². The van der Waals surface area contributed by atoms with Crippen molar-refractivity contribution in [1.29, 1.82) is 0 Å². The smallest absolute Gasteiger partial charge is 0.110 e. The fourth-order valence-electron chi connectivity index (χ4n) is 3.37. The SMILES string of the molecule is CCC1CNC(C2CC2)CN1C(CC)c1nccs1. The van der Waals surface area contributed by atoms with Crippen LogP contribution in [0.2, 0.25) is 0 Å². The molecule has 3 unspecified atom stereocenters. The minimum absolute atomic E-state index is 0.522. The Morgan fingerprint density at radius 2 is 2.32 bits per heavy atom. The van der Waals surface area contributed by atoms with Crippen molar-refractivity contribution >= 4 is 11.3 Å². The lowest BCUT2D eigenvalue weighted by Gasteiger charge is -2.44. The van der Waals surface area contributed by atoms with E-state index in [0.29, 0.717) is 12.1 Å². The summed E-state index contributed by atoms with van der Waals surface area (Å²) in [4.78, 5) is 7.31. The van der Waals surface area contributed by atoms with E-state index in [9.17, 15) is 0 Å². The van der Waals surface area contributed by atoms with Gasteiger partial charge in [-0.15, -0.1) is 11.3 Å². The summed E-state index contributed by atoms with van der Waals surface area (Å²) in [5, 5.41) is 7.19. The van der Waals surface area contributed by atoms with Gasteiger partial charge in [-0.3, -0.25) is 4.90 Å². The lowest BCUT2D eigenvalue weighted by atomic mass is 10.00. The molecule has 3 atom stereocenters. The quantitative estimate of drug-likeness (QED) is 0.898. The summed E-state index contributed by atoms with van der Waals surface area (Å²) in [6.45, 7) is 6.97. The van der Waals surface area contributed by atoms with Gasteiger partial charge in [0.15, 0.2) is 0 Å². The Morgan fingerprint density at radius 3 is 2.89 bits per heavy atom. The zero-order valence-corrected chi connectivity index (χ0v) is 12.8. The molecule has 1 aromatic rings. The van der Waals surface area contributed by atoms with Gasteiger partial charge in [-0.2, -0.15) is 0 Å². The van der Waals surface area contributed by atoms with Crippen LogP contribution < -0.4 is 5.32 Å². The topological polar surface area (TPSA) is 28.2 Å². The first kappa shape index (κ1) is 13.5. The highest BCUT2D eigenvalue weighted by Crippen LogP contribution is 2.37. The van der Waals surface area contributed by atoms with E-state index in [1.807, 2.05) is 17.5 Å². The Labute approximate surface area is 120 Å². The largest absolute Gasteiger partial charge is 0.311 e. The van der Waals surface area contributed by atoms with Gasteiger partial charge in [0.25, 0.3) is 0 Å². The van der Waals surface area contributed by atoms with E-state index in [2.05, 4.69) is 34.4 Å². The third-order valence-electron chi connectivity index (χ3n) is 4.68. The summed E-state index contributed by atoms with van der Waals surface area (Å²) in [6.07, 6.45) is 7.20. The van der Waals surface area contributed by atoms with Crippen LogP contribution in [0.3, 0.4) is 0 Å². The highest BCUT2D eigenvalue weighted by molar-refractivity contribution is 7.09. The number of hydrogen-bond donors (Lipinski definition) is 1. The molecule has 3 rings (SSSR count). The first-order valence-electron chi connectivity index (χ1n) is 7.72. The van der Waals surface area contributed by atoms with E-state index >= 15 is 0 Å². The third kappa shape index (κ3) is 2.86. The molecule has 1 saturated carbocycles. The monoisotopic (exact) mass is 279 g/mol. The summed E-state index contributed by atoms with van der Waals surface area (Å²) in [7, 11) is 0. The molecule has 4 heteroatoms. The summed E-state index contributed by atoms with van der Waals surface area (Å²) in [6, 6.07) is 1.91. The Kier molecular flexibility index (Phi) is 4.20. The summed E-state index contributed by atoms with van der Waals surface area (Å²) >= 11 is 1.81. The van der Waals surface area contributed by atoms with Crippen LogP contribution in [0.15, 0.2) is 11.6 Å². The third-order valence-corrected chi connectivity index (χ3v) is 5.55. The predicted molar refractivity (Wildman–Crippen MR) is 80.4 cm³/mol. The van der Waals surface area contributed by atoms with Crippen LogP contribution in [-0.4, -0.2) is 35.1 Å². The normalized spacial score (nSPS) is 30.4. The van der Waals surface area contributed by atoms with Crippen molar-refractivity contribution in [2.24, 2.45) is 5.92 Å². The highest BCUT2D eigenvalue weighted by atomic mass is 32.1. The fourth-order valence-corrected chi connectivity index (χ4v) is 4.21. The molecule has 1 aromatic heterocycles. The molecule has 106 valence electrons. The Balaban J connectivity index is 1.76. The molecule has 19 heavy (non-hydrogen) atoms. The number of aromatic nitrogens is 1. The van der Waals surface area contributed by atoms with Gasteiger partial charge in [0.1, 0.15) is 5.01 Å². The summed E-state index contributed by atoms with van der Waals surface area (Å²) in [5.41, 5.74) is 0. The molecule has 0 amide bonds. The molecule has 1 saturated heterocycles. The number of nitrogens with one attached hydrogen (secondary N) is 1. The second-order valence-corrected chi connectivity index (χ2v) is 6.83. The number of hydrogen-bond acceptors (Lipinski definition) is 4. The standard InChI is InChI=1S/C15H25N3S/c1-3-12-9-17-13(11-5-6-11)10-18(12)14(4-2)15-16-7-8-19-15/h7-8,11-14,17H,3-6,9-10H2,1-2H3. The average molecular weight is 279 g/mol. The van der Waals surface area contributed by atoms with E-state index in [1.165, 1.54) is 37.2 Å². The highest BCUT2D eigenvalue weighted by Gasteiger charge is 2.39. The van der Waals surface area contributed by atoms with Gasteiger partial charge in [0.2, 0.25) is 0 Å². The van der Waals surface area contributed by atoms with Crippen molar-refractivity contribution < 1.29 is 0 Å². The molecular formula is C15H25N3S. The molecule has 0 radical (unpaired) electrons. The number of piperazine rings is 1. The Bertz CT molecular complexity index is 388. The number of rotatable bonds is 5. The molecule has 0 aromatic carbocycles. The van der Waals surface area contributed by atoms with Crippen molar-refractivity contribution in [2.45, 2.75) is 57.7 Å². The fraction of sp³-hybridized carbons (Fsp3) is 0.800. The summed E-state index contributed by atoms with van der Waals surface area (Å²) < 4.78 is 0. The second-order valence-electron chi connectivity index (χ2n) is 5.91. The maximum absolute atomic E-state index is 4.57. The Hall–Kier alpha value is -0.450. The Morgan fingerprint density at radius 1 is 1.47 bits per heavy atom. The zero-order chi connectivity index (χ0) is 13.2. The van der Waals surface area contributed by atoms with Gasteiger partial charge in [-0.25, -0.2) is 4.98 Å². The van der Waals surface area contributed by atoms with E-state index in [4.69, 9.17) is 0 Å². The van der Waals surface area contributed by atoms with Crippen LogP contribution in [0.1, 0.15) is 50.6 Å². The molecule has 1 N–H and O–H groups in total. The van der Waals surface area contributed by atoms with Crippen LogP contribution in [0, 0.1) is 5.92 Å². The molecule has 2 aliphatic rings. The van der Waals surface area contributed by atoms with E-state index in [0.717, 1.165) is 18.5 Å². The van der Waals surface area contributed by atoms with Crippen molar-refractivity contribution in [1.82, 2.24) is 15.2 Å². The maximum Gasteiger partial charge on any atom is 0.110 e. The van der Waals surface area contributed by atoms with Gasteiger partial charge < -0.3 is 5.32 Å². The van der Waals surface area contributed by atoms with Gasteiger partial charge >= 0.3 is 0 Å². The first-order chi connectivity index (χ1) is 9.33. The molecule has 0 bridgehead atoms. The van der Waals surface area contributed by atoms with Gasteiger partial charge in [0.05, 0.1) is 6.04 Å². The van der Waals surface area contributed by atoms with Crippen LogP contribution in [0.5, 0.6) is 0 Å². The van der Waals surface area contributed by atoms with Crippen LogP contribution >= 0.6 is 11.3 Å². The van der Waals surface area contributed by atoms with E-state index in [1.54, 1.807) is 0 Å². The number of thiazole rings is 1. The summed E-state index contributed by atoms with van der Waals surface area (Å²) in [5.74, 6) is 0.939. The molecule has 2 heterocycles. The van der Waals surface area contributed by atoms with Crippen molar-refractivity contribution in [3.05, 3.63) is 16.6 Å². The molecule has 0 spiro atoms. The average Bonchev–Trinajstić information content (AvgIpc) is 3.17. The first-order valence-corrected chi connectivity index (χ1v) is 8.60. The maximum atomic E-state index is 4.57. The van der Waals surface area contributed by atoms with Crippen LogP contribution in [-0.2, 0) is 0 Å². The predicted octanol–water partition coefficient (Wildman–Crippen LogP) is 3.06. The molecule has 3 nitrogen and oxygen atoms in total. The molecule has 1 aliphatic carbocycles. The van der Waals surface area contributed by atoms with E-state index in [-0.39, 0.29) is 0 Å². The van der Waals surface area contributed by atoms with Gasteiger partial charge in [-0.05, 0) is 31.6 Å². The molecular weight excluding hydrogens is 254 g/mol. The van der Waals surface area contributed by atoms with Gasteiger partial charge in [0, 0.05) is 36.8 Å². The minimum Gasteiger partial charge on any atom is -0.311 e. The van der Waals surface area contributed by atoms with Crippen molar-refractivity contribution in [3.63, 3.8) is 0 Å². The minimum atomic E-state index is 0.522. The van der Waals surface area contributed by atoms with Crippen molar-refractivity contribution in [2.75, 3.05) is 13.1 Å². The molecule has 2 fully saturated rings. The zero-order valence-electron chi connectivity index (χ0n) is 12.0. The van der Waals surface area contributed by atoms with Crippen molar-refractivity contribution in [3.8, 4) is 0 Å². The van der Waals surface area contributed by atoms with Crippen LogP contribution in [0.4, 0.5) is 0 Å². The number of nitrogens with zero attached hydrogens (tertiary/aromatic N) is 2. The lowest BCUT2D eigenvalue weighted by Crippen LogP contribution is -2.57. The second kappa shape index (κ2) is 5.90.